The Morgan fingerprint density at radius 2 is 1.18 bits per heavy atom. The fraction of sp³-hybridized carbons (Fsp3) is 0.308. The molecular weight excluding hydrogens is 344 g/mol. The van der Waals surface area contributed by atoms with Crippen molar-refractivity contribution in [2.24, 2.45) is 0 Å². The highest BCUT2D eigenvalue weighted by molar-refractivity contribution is 5.81. The fourth-order valence-corrected chi connectivity index (χ4v) is 3.93. The molecule has 0 heterocycles. The van der Waals surface area contributed by atoms with Gasteiger partial charge in [-0.05, 0) is 88.9 Å². The summed E-state index contributed by atoms with van der Waals surface area (Å²) in [5, 5.41) is 20.7. The van der Waals surface area contributed by atoms with E-state index in [0.717, 1.165) is 53.5 Å². The minimum Gasteiger partial charge on any atom is -0.508 e. The molecule has 0 bridgehead atoms. The molecule has 2 N–H and O–H groups in total. The van der Waals surface area contributed by atoms with Gasteiger partial charge in [-0.15, -0.1) is 0 Å². The average molecular weight is 375 g/mol. The normalized spacial score (nSPS) is 11.0. The van der Waals surface area contributed by atoms with Gasteiger partial charge in [0.2, 0.25) is 0 Å². The second-order valence-electron chi connectivity index (χ2n) is 7.32. The van der Waals surface area contributed by atoms with Crippen LogP contribution in [-0.2, 0) is 25.7 Å². The fourth-order valence-electron chi connectivity index (χ4n) is 3.93. The first kappa shape index (κ1) is 20.0. The quantitative estimate of drug-likeness (QED) is 0.505. The zero-order valence-corrected chi connectivity index (χ0v) is 17.3. The number of aryl methyl sites for hydroxylation is 4. The molecule has 3 rings (SSSR count). The van der Waals surface area contributed by atoms with Crippen molar-refractivity contribution in [2.75, 3.05) is 0 Å². The molecule has 28 heavy (non-hydrogen) atoms. The zero-order chi connectivity index (χ0) is 20.3. The molecule has 0 radical (unpaired) electrons. The van der Waals surface area contributed by atoms with Gasteiger partial charge in [0.1, 0.15) is 11.5 Å². The number of hydrogen-bond donors (Lipinski definition) is 2. The first-order valence-corrected chi connectivity index (χ1v) is 10.3. The number of benzene rings is 3. The van der Waals surface area contributed by atoms with Gasteiger partial charge in [0, 0.05) is 5.56 Å². The van der Waals surface area contributed by atoms with Crippen LogP contribution in [0.2, 0.25) is 0 Å². The third-order valence-electron chi connectivity index (χ3n) is 5.51. The first-order valence-electron chi connectivity index (χ1n) is 10.3. The number of aromatic hydroxyl groups is 2. The van der Waals surface area contributed by atoms with Crippen LogP contribution in [0.1, 0.15) is 49.9 Å². The summed E-state index contributed by atoms with van der Waals surface area (Å²) in [4.78, 5) is 0. The number of hydrogen-bond acceptors (Lipinski definition) is 2. The average Bonchev–Trinajstić information content (AvgIpc) is 2.72. The Kier molecular flexibility index (Phi) is 6.08. The second kappa shape index (κ2) is 8.52. The lowest BCUT2D eigenvalue weighted by atomic mass is 9.89. The Labute approximate surface area is 168 Å². The summed E-state index contributed by atoms with van der Waals surface area (Å²) < 4.78 is 0. The minimum atomic E-state index is 0.300. The molecule has 3 aromatic carbocycles. The topological polar surface area (TPSA) is 40.5 Å². The third kappa shape index (κ3) is 3.91. The van der Waals surface area contributed by atoms with E-state index in [9.17, 15) is 10.2 Å². The van der Waals surface area contributed by atoms with Crippen molar-refractivity contribution in [2.45, 2.75) is 53.4 Å². The van der Waals surface area contributed by atoms with Crippen LogP contribution in [0.3, 0.4) is 0 Å². The third-order valence-corrected chi connectivity index (χ3v) is 5.51. The molecule has 0 aliphatic carbocycles. The van der Waals surface area contributed by atoms with Gasteiger partial charge in [-0.3, -0.25) is 0 Å². The number of phenols is 2. The molecule has 0 amide bonds. The maximum absolute atomic E-state index is 10.6. The Hall–Kier alpha value is -2.74. The lowest BCUT2D eigenvalue weighted by molar-refractivity contribution is 0.473. The van der Waals surface area contributed by atoms with Crippen LogP contribution in [0.5, 0.6) is 11.5 Å². The van der Waals surface area contributed by atoms with Crippen molar-refractivity contribution in [3.8, 4) is 33.8 Å². The molecule has 0 fully saturated rings. The van der Waals surface area contributed by atoms with Gasteiger partial charge in [-0.25, -0.2) is 0 Å². The maximum atomic E-state index is 10.6. The van der Waals surface area contributed by atoms with Crippen molar-refractivity contribution in [3.63, 3.8) is 0 Å². The van der Waals surface area contributed by atoms with Gasteiger partial charge in [-0.1, -0.05) is 52.0 Å². The highest BCUT2D eigenvalue weighted by Gasteiger charge is 2.14. The Morgan fingerprint density at radius 3 is 1.68 bits per heavy atom. The van der Waals surface area contributed by atoms with E-state index < -0.39 is 0 Å². The number of rotatable bonds is 6. The molecule has 2 heteroatoms. The number of phenolic OH excluding ortho intramolecular Hbond substituents is 2. The lowest BCUT2D eigenvalue weighted by Crippen LogP contribution is -1.96. The maximum Gasteiger partial charge on any atom is 0.123 e. The van der Waals surface area contributed by atoms with Gasteiger partial charge in [-0.2, -0.15) is 0 Å². The summed E-state index contributed by atoms with van der Waals surface area (Å²) in [6.07, 6.45) is 3.63. The molecule has 146 valence electrons. The van der Waals surface area contributed by atoms with E-state index in [1.54, 1.807) is 6.07 Å². The predicted octanol–water partition coefficient (Wildman–Crippen LogP) is 6.68. The summed E-state index contributed by atoms with van der Waals surface area (Å²) in [5.74, 6) is 0.619. The van der Waals surface area contributed by atoms with Crippen molar-refractivity contribution in [1.82, 2.24) is 0 Å². The molecule has 0 saturated heterocycles. The molecule has 0 saturated carbocycles. The van der Waals surface area contributed by atoms with E-state index in [0.29, 0.717) is 11.5 Å². The highest BCUT2D eigenvalue weighted by Crippen LogP contribution is 2.38. The van der Waals surface area contributed by atoms with Crippen LogP contribution in [0.25, 0.3) is 22.3 Å². The molecule has 2 nitrogen and oxygen atoms in total. The smallest absolute Gasteiger partial charge is 0.123 e. The Bertz CT molecular complexity index is 938. The predicted molar refractivity (Wildman–Crippen MR) is 118 cm³/mol. The van der Waals surface area contributed by atoms with Crippen LogP contribution >= 0.6 is 0 Å². The van der Waals surface area contributed by atoms with E-state index in [1.807, 2.05) is 18.2 Å². The van der Waals surface area contributed by atoms with E-state index in [-0.39, 0.29) is 0 Å². The van der Waals surface area contributed by atoms with Gasteiger partial charge in [0.25, 0.3) is 0 Å². The summed E-state index contributed by atoms with van der Waals surface area (Å²) >= 11 is 0. The summed E-state index contributed by atoms with van der Waals surface area (Å²) in [5.41, 5.74) is 9.01. The van der Waals surface area contributed by atoms with Gasteiger partial charge >= 0.3 is 0 Å². The van der Waals surface area contributed by atoms with Gasteiger partial charge in [0.05, 0.1) is 0 Å². The molecular formula is C26H30O2. The molecule has 0 aliphatic rings. The van der Waals surface area contributed by atoms with Crippen molar-refractivity contribution in [1.29, 1.82) is 0 Å². The highest BCUT2D eigenvalue weighted by atomic mass is 16.3. The van der Waals surface area contributed by atoms with Crippen LogP contribution in [0.4, 0.5) is 0 Å². The summed E-state index contributed by atoms with van der Waals surface area (Å²) in [6, 6.07) is 16.2. The standard InChI is InChI=1S/C26H30O2/c1-5-17-11-18(6-2)13-22(12-17)24-16-21(9-10-25(24)28)26-19(7-3)14-23(27)15-20(26)8-4/h9-16,27-28H,5-8H2,1-4H3. The van der Waals surface area contributed by atoms with Crippen molar-refractivity contribution >= 4 is 0 Å². The molecule has 0 aromatic heterocycles. The van der Waals surface area contributed by atoms with Crippen molar-refractivity contribution in [3.05, 3.63) is 70.8 Å². The molecule has 0 spiro atoms. The van der Waals surface area contributed by atoms with E-state index in [4.69, 9.17) is 0 Å². The van der Waals surface area contributed by atoms with E-state index >= 15 is 0 Å². The Morgan fingerprint density at radius 1 is 0.607 bits per heavy atom. The second-order valence-corrected chi connectivity index (χ2v) is 7.32. The molecule has 3 aromatic rings. The minimum absolute atomic E-state index is 0.300. The first-order chi connectivity index (χ1) is 13.5. The van der Waals surface area contributed by atoms with Gasteiger partial charge < -0.3 is 10.2 Å². The van der Waals surface area contributed by atoms with Crippen LogP contribution < -0.4 is 0 Å². The zero-order valence-electron chi connectivity index (χ0n) is 17.3. The summed E-state index contributed by atoms with van der Waals surface area (Å²) in [7, 11) is 0. The molecule has 0 atom stereocenters. The largest absolute Gasteiger partial charge is 0.508 e. The summed E-state index contributed by atoms with van der Waals surface area (Å²) in [6.45, 7) is 8.53. The van der Waals surface area contributed by atoms with E-state index in [2.05, 4.69) is 52.0 Å². The SMILES string of the molecule is CCc1cc(CC)cc(-c2cc(-c3c(CC)cc(O)cc3CC)ccc2O)c1. The van der Waals surface area contributed by atoms with Crippen molar-refractivity contribution < 1.29 is 10.2 Å². The lowest BCUT2D eigenvalue weighted by Gasteiger charge is -2.17. The van der Waals surface area contributed by atoms with Crippen LogP contribution in [0.15, 0.2) is 48.5 Å². The van der Waals surface area contributed by atoms with E-state index in [1.165, 1.54) is 16.7 Å². The molecule has 0 aliphatic heterocycles. The Balaban J connectivity index is 2.22. The molecule has 0 unspecified atom stereocenters. The van der Waals surface area contributed by atoms with Crippen LogP contribution in [0, 0.1) is 0 Å². The van der Waals surface area contributed by atoms with Crippen LogP contribution in [-0.4, -0.2) is 10.2 Å². The van der Waals surface area contributed by atoms with Gasteiger partial charge in [0.15, 0.2) is 0 Å². The monoisotopic (exact) mass is 374 g/mol.